The van der Waals surface area contributed by atoms with Crippen LogP contribution in [0.5, 0.6) is 0 Å². The molecule has 0 radical (unpaired) electrons. The highest BCUT2D eigenvalue weighted by Crippen LogP contribution is 2.60. The van der Waals surface area contributed by atoms with Crippen LogP contribution in [0.3, 0.4) is 0 Å². The second-order valence-corrected chi connectivity index (χ2v) is 9.60. The topological polar surface area (TPSA) is 29.5 Å². The molecule has 1 heterocycles. The fourth-order valence-electron chi connectivity index (χ4n) is 4.00. The van der Waals surface area contributed by atoms with Gasteiger partial charge in [-0.25, -0.2) is 4.79 Å². The van der Waals surface area contributed by atoms with E-state index in [-0.39, 0.29) is 23.0 Å². The summed E-state index contributed by atoms with van der Waals surface area (Å²) in [6, 6.07) is 8.96. The van der Waals surface area contributed by atoms with Gasteiger partial charge in [0.15, 0.2) is 0 Å². The van der Waals surface area contributed by atoms with Crippen molar-refractivity contribution in [3.8, 4) is 0 Å². The lowest BCUT2D eigenvalue weighted by Crippen LogP contribution is -2.63. The van der Waals surface area contributed by atoms with Crippen molar-refractivity contribution in [1.82, 2.24) is 4.90 Å². The summed E-state index contributed by atoms with van der Waals surface area (Å²) in [5, 5.41) is 0. The molecule has 1 saturated heterocycles. The normalized spacial score (nSPS) is 22.8. The first kappa shape index (κ1) is 17.3. The van der Waals surface area contributed by atoms with Crippen LogP contribution in [0.15, 0.2) is 24.3 Å². The minimum atomic E-state index is -0.447. The molecule has 3 heteroatoms. The van der Waals surface area contributed by atoms with Crippen LogP contribution in [0, 0.1) is 5.41 Å². The number of rotatable bonds is 1. The van der Waals surface area contributed by atoms with Crippen molar-refractivity contribution in [1.29, 1.82) is 0 Å². The van der Waals surface area contributed by atoms with Crippen molar-refractivity contribution in [2.45, 2.75) is 77.9 Å². The van der Waals surface area contributed by atoms with Gasteiger partial charge in [0.05, 0.1) is 6.04 Å². The number of amides is 1. The molecule has 1 spiro atoms. The van der Waals surface area contributed by atoms with E-state index in [1.807, 2.05) is 25.7 Å². The van der Waals surface area contributed by atoms with Gasteiger partial charge < -0.3 is 4.74 Å². The summed E-state index contributed by atoms with van der Waals surface area (Å²) in [6.45, 7) is 13.3. The highest BCUT2D eigenvalue weighted by molar-refractivity contribution is 5.71. The Kier molecular flexibility index (Phi) is 3.97. The van der Waals surface area contributed by atoms with Crippen LogP contribution in [-0.2, 0) is 10.2 Å². The first-order chi connectivity index (χ1) is 11.0. The van der Waals surface area contributed by atoms with Crippen LogP contribution in [0.2, 0.25) is 0 Å². The van der Waals surface area contributed by atoms with Crippen molar-refractivity contribution in [2.75, 3.05) is 6.54 Å². The molecule has 2 fully saturated rings. The number of likely N-dealkylation sites (tertiary alicyclic amines) is 1. The third-order valence-corrected chi connectivity index (χ3v) is 5.42. The Bertz CT molecular complexity index is 632. The maximum Gasteiger partial charge on any atom is 0.410 e. The van der Waals surface area contributed by atoms with Gasteiger partial charge >= 0.3 is 6.09 Å². The minimum Gasteiger partial charge on any atom is -0.444 e. The molecule has 1 amide bonds. The van der Waals surface area contributed by atoms with Gasteiger partial charge in [0.2, 0.25) is 0 Å². The Morgan fingerprint density at radius 1 is 1.17 bits per heavy atom. The molecule has 1 aromatic carbocycles. The predicted molar refractivity (Wildman–Crippen MR) is 97.1 cm³/mol. The van der Waals surface area contributed by atoms with Crippen molar-refractivity contribution < 1.29 is 9.53 Å². The SMILES string of the molecule is CC(C)(C)OC(=O)N1CC2(CCC2)C1c1cccc(C(C)(C)C)c1. The standard InChI is InChI=1S/C21H31NO2/c1-19(2,3)16-10-7-9-15(13-16)17-21(11-8-12-21)14-22(17)18(23)24-20(4,5)6/h7,9-10,13,17H,8,11-12,14H2,1-6H3. The lowest BCUT2D eigenvalue weighted by atomic mass is 9.56. The molecule has 3 nitrogen and oxygen atoms in total. The Labute approximate surface area is 146 Å². The monoisotopic (exact) mass is 329 g/mol. The number of benzene rings is 1. The summed E-state index contributed by atoms with van der Waals surface area (Å²) in [5.74, 6) is 0. The Morgan fingerprint density at radius 3 is 2.33 bits per heavy atom. The van der Waals surface area contributed by atoms with E-state index in [2.05, 4.69) is 45.0 Å². The number of carbonyl (C=O) groups is 1. The van der Waals surface area contributed by atoms with E-state index in [9.17, 15) is 4.79 Å². The van der Waals surface area contributed by atoms with Crippen LogP contribution in [0.25, 0.3) is 0 Å². The first-order valence-corrected chi connectivity index (χ1v) is 9.12. The number of carbonyl (C=O) groups excluding carboxylic acids is 1. The number of nitrogens with zero attached hydrogens (tertiary/aromatic N) is 1. The molecule has 1 atom stereocenters. The Hall–Kier alpha value is -1.51. The predicted octanol–water partition coefficient (Wildman–Crippen LogP) is 5.45. The molecule has 24 heavy (non-hydrogen) atoms. The van der Waals surface area contributed by atoms with Crippen LogP contribution in [0.1, 0.15) is 78.0 Å². The zero-order chi connectivity index (χ0) is 17.8. The average molecular weight is 329 g/mol. The molecule has 2 aliphatic rings. The van der Waals surface area contributed by atoms with Crippen molar-refractivity contribution in [2.24, 2.45) is 5.41 Å². The average Bonchev–Trinajstić information content (AvgIpc) is 2.33. The minimum absolute atomic E-state index is 0.114. The summed E-state index contributed by atoms with van der Waals surface area (Å²) in [4.78, 5) is 14.6. The van der Waals surface area contributed by atoms with Crippen molar-refractivity contribution >= 4 is 6.09 Å². The summed E-state index contributed by atoms with van der Waals surface area (Å²) in [5.41, 5.74) is 2.54. The summed E-state index contributed by atoms with van der Waals surface area (Å²) in [6.07, 6.45) is 3.54. The van der Waals surface area contributed by atoms with E-state index in [4.69, 9.17) is 4.74 Å². The van der Waals surface area contributed by atoms with E-state index in [1.54, 1.807) is 0 Å². The molecule has 1 aromatic rings. The molecule has 132 valence electrons. The summed E-state index contributed by atoms with van der Waals surface area (Å²) in [7, 11) is 0. The molecule has 1 unspecified atom stereocenters. The Morgan fingerprint density at radius 2 is 1.83 bits per heavy atom. The van der Waals surface area contributed by atoms with Gasteiger partial charge in [0.25, 0.3) is 0 Å². The molecular weight excluding hydrogens is 298 g/mol. The van der Waals surface area contributed by atoms with Crippen LogP contribution < -0.4 is 0 Å². The van der Waals surface area contributed by atoms with Gasteiger partial charge in [-0.15, -0.1) is 0 Å². The van der Waals surface area contributed by atoms with Gasteiger partial charge in [-0.3, -0.25) is 4.90 Å². The zero-order valence-corrected chi connectivity index (χ0v) is 16.0. The maximum absolute atomic E-state index is 12.6. The number of hydrogen-bond acceptors (Lipinski definition) is 2. The molecule has 0 aromatic heterocycles. The lowest BCUT2D eigenvalue weighted by molar-refractivity contribution is -0.124. The molecule has 1 aliphatic heterocycles. The van der Waals surface area contributed by atoms with Gasteiger partial charge in [0.1, 0.15) is 5.60 Å². The largest absolute Gasteiger partial charge is 0.444 e. The lowest BCUT2D eigenvalue weighted by Gasteiger charge is -2.62. The van der Waals surface area contributed by atoms with E-state index < -0.39 is 5.60 Å². The van der Waals surface area contributed by atoms with Gasteiger partial charge in [-0.2, -0.15) is 0 Å². The highest BCUT2D eigenvalue weighted by atomic mass is 16.6. The third kappa shape index (κ3) is 3.05. The fraction of sp³-hybridized carbons (Fsp3) is 0.667. The van der Waals surface area contributed by atoms with Gasteiger partial charge in [-0.05, 0) is 50.2 Å². The third-order valence-electron chi connectivity index (χ3n) is 5.42. The smallest absolute Gasteiger partial charge is 0.410 e. The fourth-order valence-corrected chi connectivity index (χ4v) is 4.00. The second-order valence-electron chi connectivity index (χ2n) is 9.60. The van der Waals surface area contributed by atoms with Crippen molar-refractivity contribution in [3.63, 3.8) is 0 Å². The van der Waals surface area contributed by atoms with E-state index in [1.165, 1.54) is 30.4 Å². The Balaban J connectivity index is 1.89. The molecule has 0 bridgehead atoms. The molecule has 1 saturated carbocycles. The van der Waals surface area contributed by atoms with Gasteiger partial charge in [-0.1, -0.05) is 51.5 Å². The van der Waals surface area contributed by atoms with Gasteiger partial charge in [0, 0.05) is 12.0 Å². The molecule has 0 N–H and O–H groups in total. The highest BCUT2D eigenvalue weighted by Gasteiger charge is 2.58. The quantitative estimate of drug-likeness (QED) is 0.686. The first-order valence-electron chi connectivity index (χ1n) is 9.12. The summed E-state index contributed by atoms with van der Waals surface area (Å²) < 4.78 is 5.64. The van der Waals surface area contributed by atoms with E-state index >= 15 is 0 Å². The van der Waals surface area contributed by atoms with Crippen molar-refractivity contribution in [3.05, 3.63) is 35.4 Å². The van der Waals surface area contributed by atoms with E-state index in [0.29, 0.717) is 0 Å². The molecular formula is C21H31NO2. The number of ether oxygens (including phenoxy) is 1. The molecule has 1 aliphatic carbocycles. The van der Waals surface area contributed by atoms with Crippen LogP contribution in [0.4, 0.5) is 4.79 Å². The van der Waals surface area contributed by atoms with E-state index in [0.717, 1.165) is 6.54 Å². The molecule has 3 rings (SSSR count). The second kappa shape index (κ2) is 5.50. The number of hydrogen-bond donors (Lipinski definition) is 0. The van der Waals surface area contributed by atoms with Crippen LogP contribution in [-0.4, -0.2) is 23.1 Å². The van der Waals surface area contributed by atoms with Crippen LogP contribution >= 0.6 is 0 Å². The maximum atomic E-state index is 12.6. The summed E-state index contributed by atoms with van der Waals surface area (Å²) >= 11 is 0. The zero-order valence-electron chi connectivity index (χ0n) is 16.0.